The van der Waals surface area contributed by atoms with Crippen molar-refractivity contribution in [3.8, 4) is 5.75 Å². The van der Waals surface area contributed by atoms with Crippen molar-refractivity contribution < 1.29 is 14.2 Å². The molecule has 1 aromatic rings. The van der Waals surface area contributed by atoms with Crippen LogP contribution in [-0.2, 0) is 9.47 Å². The summed E-state index contributed by atoms with van der Waals surface area (Å²) >= 11 is 6.24. The van der Waals surface area contributed by atoms with Crippen molar-refractivity contribution in [2.45, 2.75) is 32.3 Å². The highest BCUT2D eigenvalue weighted by Gasteiger charge is 2.33. The van der Waals surface area contributed by atoms with Crippen molar-refractivity contribution in [3.05, 3.63) is 28.8 Å². The van der Waals surface area contributed by atoms with Crippen LogP contribution in [0.5, 0.6) is 5.75 Å². The third-order valence-corrected chi connectivity index (χ3v) is 3.09. The Morgan fingerprint density at radius 2 is 2.00 bits per heavy atom. The summed E-state index contributed by atoms with van der Waals surface area (Å²) in [7, 11) is 1.60. The molecule has 0 bridgehead atoms. The molecule has 16 heavy (non-hydrogen) atoms. The van der Waals surface area contributed by atoms with E-state index in [4.69, 9.17) is 25.8 Å². The monoisotopic (exact) mass is 242 g/mol. The van der Waals surface area contributed by atoms with Gasteiger partial charge in [0.15, 0.2) is 6.29 Å². The molecule has 1 aliphatic heterocycles. The second-order valence-electron chi connectivity index (χ2n) is 3.83. The minimum absolute atomic E-state index is 0.000365. The number of rotatable bonds is 2. The number of methoxy groups -OCH3 is 1. The molecule has 1 aliphatic rings. The van der Waals surface area contributed by atoms with Crippen molar-refractivity contribution in [2.75, 3.05) is 7.11 Å². The predicted octanol–water partition coefficient (Wildman–Crippen LogP) is 3.17. The fourth-order valence-corrected chi connectivity index (χ4v) is 2.26. The lowest BCUT2D eigenvalue weighted by Gasteiger charge is -2.16. The molecule has 0 N–H and O–H groups in total. The summed E-state index contributed by atoms with van der Waals surface area (Å²) < 4.78 is 16.4. The van der Waals surface area contributed by atoms with Crippen molar-refractivity contribution in [2.24, 2.45) is 0 Å². The highest BCUT2D eigenvalue weighted by molar-refractivity contribution is 6.32. The zero-order valence-electron chi connectivity index (χ0n) is 9.57. The minimum Gasteiger partial charge on any atom is -0.495 e. The summed E-state index contributed by atoms with van der Waals surface area (Å²) in [5.74, 6) is 0.662. The molecule has 1 fully saturated rings. The average molecular weight is 243 g/mol. The van der Waals surface area contributed by atoms with Crippen LogP contribution < -0.4 is 4.74 Å². The molecule has 4 heteroatoms. The zero-order chi connectivity index (χ0) is 11.7. The van der Waals surface area contributed by atoms with E-state index >= 15 is 0 Å². The first-order valence-electron chi connectivity index (χ1n) is 5.26. The summed E-state index contributed by atoms with van der Waals surface area (Å²) in [4.78, 5) is 0. The van der Waals surface area contributed by atoms with Gasteiger partial charge >= 0.3 is 0 Å². The van der Waals surface area contributed by atoms with Gasteiger partial charge in [-0.3, -0.25) is 0 Å². The number of hydrogen-bond acceptors (Lipinski definition) is 3. The van der Waals surface area contributed by atoms with Gasteiger partial charge in [-0.25, -0.2) is 0 Å². The Kier molecular flexibility index (Phi) is 3.38. The van der Waals surface area contributed by atoms with Crippen LogP contribution in [0.4, 0.5) is 0 Å². The van der Waals surface area contributed by atoms with Crippen molar-refractivity contribution in [1.82, 2.24) is 0 Å². The number of halogens is 1. The summed E-state index contributed by atoms with van der Waals surface area (Å²) in [6.07, 6.45) is -0.320. The predicted molar refractivity (Wildman–Crippen MR) is 61.8 cm³/mol. The molecule has 3 atom stereocenters. The van der Waals surface area contributed by atoms with Gasteiger partial charge in [0, 0.05) is 5.56 Å². The normalized spacial score (nSPS) is 29.4. The fourth-order valence-electron chi connectivity index (χ4n) is 1.95. The summed E-state index contributed by atoms with van der Waals surface area (Å²) in [6, 6.07) is 5.67. The number of ether oxygens (including phenoxy) is 3. The van der Waals surface area contributed by atoms with E-state index in [0.717, 1.165) is 5.56 Å². The van der Waals surface area contributed by atoms with E-state index in [1.54, 1.807) is 7.11 Å². The van der Waals surface area contributed by atoms with Gasteiger partial charge in [-0.15, -0.1) is 0 Å². The number of hydrogen-bond donors (Lipinski definition) is 0. The first-order chi connectivity index (χ1) is 7.63. The highest BCUT2D eigenvalue weighted by atomic mass is 35.5. The maximum Gasteiger partial charge on any atom is 0.156 e. The lowest BCUT2D eigenvalue weighted by atomic mass is 10.1. The molecule has 0 aliphatic carbocycles. The molecule has 2 rings (SSSR count). The van der Waals surface area contributed by atoms with Gasteiger partial charge in [-0.2, -0.15) is 0 Å². The molecule has 0 saturated carbocycles. The van der Waals surface area contributed by atoms with E-state index in [9.17, 15) is 0 Å². The first kappa shape index (κ1) is 11.7. The minimum atomic E-state index is -0.192. The Morgan fingerprint density at radius 1 is 1.25 bits per heavy atom. The molecule has 0 aromatic heterocycles. The quantitative estimate of drug-likeness (QED) is 0.797. The van der Waals surface area contributed by atoms with E-state index in [0.29, 0.717) is 10.8 Å². The summed E-state index contributed by atoms with van der Waals surface area (Å²) in [5.41, 5.74) is 0.915. The van der Waals surface area contributed by atoms with Gasteiger partial charge in [0.05, 0.1) is 18.2 Å². The van der Waals surface area contributed by atoms with Gasteiger partial charge in [0.2, 0.25) is 0 Å². The van der Waals surface area contributed by atoms with E-state index in [-0.39, 0.29) is 18.5 Å². The van der Waals surface area contributed by atoms with Crippen LogP contribution in [0.1, 0.15) is 25.5 Å². The first-order valence-corrected chi connectivity index (χ1v) is 5.64. The van der Waals surface area contributed by atoms with E-state index in [1.165, 1.54) is 0 Å². The standard InChI is InChI=1S/C12H15ClO3/c1-7-12(16-8(2)15-7)9-5-4-6-10(14-3)11(9)13/h4-8,12H,1-3H3/t7-,8+,12+/m1/s1. The molecule has 3 nitrogen and oxygen atoms in total. The molecule has 0 radical (unpaired) electrons. The molecule has 0 amide bonds. The summed E-state index contributed by atoms with van der Waals surface area (Å²) in [5, 5.41) is 0.597. The van der Waals surface area contributed by atoms with Crippen molar-refractivity contribution in [1.29, 1.82) is 0 Å². The second-order valence-corrected chi connectivity index (χ2v) is 4.21. The van der Waals surface area contributed by atoms with Crippen molar-refractivity contribution in [3.63, 3.8) is 0 Å². The van der Waals surface area contributed by atoms with Crippen LogP contribution in [-0.4, -0.2) is 19.5 Å². The highest BCUT2D eigenvalue weighted by Crippen LogP contribution is 2.39. The molecule has 1 saturated heterocycles. The topological polar surface area (TPSA) is 27.7 Å². The van der Waals surface area contributed by atoms with Crippen LogP contribution in [0.15, 0.2) is 18.2 Å². The maximum atomic E-state index is 6.24. The molecule has 1 heterocycles. The Labute approximate surface area is 100 Å². The second kappa shape index (κ2) is 4.62. The number of benzene rings is 1. The largest absolute Gasteiger partial charge is 0.495 e. The zero-order valence-corrected chi connectivity index (χ0v) is 10.3. The van der Waals surface area contributed by atoms with Gasteiger partial charge in [0.1, 0.15) is 11.9 Å². The van der Waals surface area contributed by atoms with Crippen LogP contribution in [0.25, 0.3) is 0 Å². The van der Waals surface area contributed by atoms with Crippen LogP contribution >= 0.6 is 11.6 Å². The maximum absolute atomic E-state index is 6.24. The third-order valence-electron chi connectivity index (χ3n) is 2.69. The molecule has 1 aromatic carbocycles. The Hall–Kier alpha value is -0.770. The molecular formula is C12H15ClO3. The molecule has 0 spiro atoms. The van der Waals surface area contributed by atoms with Crippen LogP contribution in [0.3, 0.4) is 0 Å². The Morgan fingerprint density at radius 3 is 2.56 bits per heavy atom. The Bertz CT molecular complexity index is 381. The molecule has 88 valence electrons. The van der Waals surface area contributed by atoms with E-state index in [1.807, 2.05) is 32.0 Å². The van der Waals surface area contributed by atoms with Gasteiger partial charge < -0.3 is 14.2 Å². The van der Waals surface area contributed by atoms with Gasteiger partial charge in [-0.05, 0) is 19.9 Å². The van der Waals surface area contributed by atoms with E-state index in [2.05, 4.69) is 0 Å². The average Bonchev–Trinajstić information content (AvgIpc) is 2.58. The van der Waals surface area contributed by atoms with Crippen molar-refractivity contribution >= 4 is 11.6 Å². The molecular weight excluding hydrogens is 228 g/mol. The Balaban J connectivity index is 2.33. The van der Waals surface area contributed by atoms with Crippen LogP contribution in [0.2, 0.25) is 5.02 Å². The van der Waals surface area contributed by atoms with Crippen LogP contribution in [0, 0.1) is 0 Å². The SMILES string of the molecule is COc1cccc([C@H]2O[C@@H](C)O[C@@H]2C)c1Cl. The van der Waals surface area contributed by atoms with Gasteiger partial charge in [0.25, 0.3) is 0 Å². The lowest BCUT2D eigenvalue weighted by molar-refractivity contribution is -0.0494. The third kappa shape index (κ3) is 2.03. The van der Waals surface area contributed by atoms with E-state index < -0.39 is 0 Å². The molecule has 0 unspecified atom stereocenters. The smallest absolute Gasteiger partial charge is 0.156 e. The summed E-state index contributed by atoms with van der Waals surface area (Å²) in [6.45, 7) is 3.86. The fraction of sp³-hybridized carbons (Fsp3) is 0.500. The lowest BCUT2D eigenvalue weighted by Crippen LogP contribution is -2.11. The van der Waals surface area contributed by atoms with Gasteiger partial charge in [-0.1, -0.05) is 23.7 Å².